The summed E-state index contributed by atoms with van der Waals surface area (Å²) in [5.41, 5.74) is 0.959. The Morgan fingerprint density at radius 2 is 2.18 bits per heavy atom. The molecule has 6 heteroatoms. The van der Waals surface area contributed by atoms with Gasteiger partial charge in [-0.25, -0.2) is 0 Å². The number of hydrogen-bond donors (Lipinski definition) is 1. The van der Waals surface area contributed by atoms with Crippen LogP contribution in [0.4, 0.5) is 0 Å². The molecule has 1 aromatic carbocycles. The lowest BCUT2D eigenvalue weighted by Crippen LogP contribution is -2.37. The van der Waals surface area contributed by atoms with Gasteiger partial charge in [0.1, 0.15) is 5.75 Å². The maximum Gasteiger partial charge on any atom is 0.308 e. The van der Waals surface area contributed by atoms with Gasteiger partial charge in [0.05, 0.1) is 18.1 Å². The van der Waals surface area contributed by atoms with Crippen molar-refractivity contribution in [1.82, 2.24) is 4.90 Å². The number of amides is 1. The van der Waals surface area contributed by atoms with Crippen LogP contribution in [0.1, 0.15) is 25.3 Å². The van der Waals surface area contributed by atoms with E-state index < -0.39 is 11.9 Å². The molecular weight excluding hydrogens is 306 g/mol. The van der Waals surface area contributed by atoms with Gasteiger partial charge in [0.15, 0.2) is 0 Å². The van der Waals surface area contributed by atoms with Crippen molar-refractivity contribution in [3.8, 4) is 5.75 Å². The Morgan fingerprint density at radius 1 is 1.45 bits per heavy atom. The smallest absolute Gasteiger partial charge is 0.308 e. The van der Waals surface area contributed by atoms with Gasteiger partial charge in [0.2, 0.25) is 5.91 Å². The Labute approximate surface area is 134 Å². The number of halogens is 1. The quantitative estimate of drug-likeness (QED) is 0.903. The highest BCUT2D eigenvalue weighted by Crippen LogP contribution is 2.27. The van der Waals surface area contributed by atoms with Crippen molar-refractivity contribution < 1.29 is 19.4 Å². The summed E-state index contributed by atoms with van der Waals surface area (Å²) in [6.07, 6.45) is 1.44. The van der Waals surface area contributed by atoms with Crippen molar-refractivity contribution >= 4 is 23.5 Å². The first kappa shape index (κ1) is 16.6. The van der Waals surface area contributed by atoms with Crippen LogP contribution in [0.15, 0.2) is 18.2 Å². The molecule has 2 unspecified atom stereocenters. The second-order valence-electron chi connectivity index (χ2n) is 5.53. The maximum absolute atomic E-state index is 12.3. The van der Waals surface area contributed by atoms with Crippen molar-refractivity contribution in [2.45, 2.75) is 32.2 Å². The van der Waals surface area contributed by atoms with Crippen LogP contribution in [-0.2, 0) is 16.0 Å². The van der Waals surface area contributed by atoms with Crippen LogP contribution >= 0.6 is 11.6 Å². The summed E-state index contributed by atoms with van der Waals surface area (Å²) in [6, 6.07) is 5.21. The molecule has 1 aliphatic rings. The van der Waals surface area contributed by atoms with Gasteiger partial charge in [-0.3, -0.25) is 9.59 Å². The van der Waals surface area contributed by atoms with Crippen LogP contribution in [0.5, 0.6) is 5.75 Å². The highest BCUT2D eigenvalue weighted by molar-refractivity contribution is 6.32. The summed E-state index contributed by atoms with van der Waals surface area (Å²) >= 11 is 6.06. The number of carbonyl (C=O) groups excluding carboxylic acids is 1. The summed E-state index contributed by atoms with van der Waals surface area (Å²) in [7, 11) is 1.55. The first-order chi connectivity index (χ1) is 10.4. The molecule has 0 aliphatic carbocycles. The standard InChI is InChI=1S/C16H20ClNO4/c1-10-12(16(20)21)7-8-18(10)15(19)6-4-11-3-5-14(22-2)13(17)9-11/h3,5,9-10,12H,4,6-8H2,1-2H3,(H,20,21). The minimum atomic E-state index is -0.829. The Hall–Kier alpha value is -1.75. The minimum Gasteiger partial charge on any atom is -0.495 e. The molecule has 5 nitrogen and oxygen atoms in total. The summed E-state index contributed by atoms with van der Waals surface area (Å²) in [4.78, 5) is 25.0. The van der Waals surface area contributed by atoms with E-state index in [9.17, 15) is 9.59 Å². The van der Waals surface area contributed by atoms with Gasteiger partial charge in [-0.05, 0) is 37.5 Å². The lowest BCUT2D eigenvalue weighted by Gasteiger charge is -2.23. The van der Waals surface area contributed by atoms with Gasteiger partial charge in [0, 0.05) is 19.0 Å². The SMILES string of the molecule is COc1ccc(CCC(=O)N2CCC(C(=O)O)C2C)cc1Cl. The van der Waals surface area contributed by atoms with E-state index in [1.165, 1.54) is 0 Å². The largest absolute Gasteiger partial charge is 0.495 e. The first-order valence-corrected chi connectivity index (χ1v) is 7.66. The zero-order valence-electron chi connectivity index (χ0n) is 12.7. The van der Waals surface area contributed by atoms with E-state index in [1.54, 1.807) is 31.1 Å². The predicted molar refractivity (Wildman–Crippen MR) is 83.2 cm³/mol. The van der Waals surface area contributed by atoms with Crippen LogP contribution in [0, 0.1) is 5.92 Å². The average Bonchev–Trinajstić information content (AvgIpc) is 2.87. The van der Waals surface area contributed by atoms with E-state index in [4.69, 9.17) is 21.4 Å². The molecule has 1 heterocycles. The minimum absolute atomic E-state index is 0.0109. The number of ether oxygens (including phenoxy) is 1. The molecule has 1 saturated heterocycles. The molecule has 0 saturated carbocycles. The summed E-state index contributed by atoms with van der Waals surface area (Å²) in [6.45, 7) is 2.31. The van der Waals surface area contributed by atoms with Gasteiger partial charge in [0.25, 0.3) is 0 Å². The third kappa shape index (κ3) is 3.53. The number of rotatable bonds is 5. The molecule has 0 bridgehead atoms. The molecule has 0 aromatic heterocycles. The highest BCUT2D eigenvalue weighted by Gasteiger charge is 2.37. The number of methoxy groups -OCH3 is 1. The number of nitrogens with zero attached hydrogens (tertiary/aromatic N) is 1. The van der Waals surface area contributed by atoms with Gasteiger partial charge >= 0.3 is 5.97 Å². The number of hydrogen-bond acceptors (Lipinski definition) is 3. The fourth-order valence-electron chi connectivity index (χ4n) is 2.88. The molecule has 120 valence electrons. The zero-order valence-corrected chi connectivity index (χ0v) is 13.5. The Kier molecular flexibility index (Phi) is 5.29. The topological polar surface area (TPSA) is 66.8 Å². The van der Waals surface area contributed by atoms with Crippen LogP contribution < -0.4 is 4.74 Å². The number of likely N-dealkylation sites (tertiary alicyclic amines) is 1. The zero-order chi connectivity index (χ0) is 16.3. The van der Waals surface area contributed by atoms with Crippen molar-refractivity contribution in [1.29, 1.82) is 0 Å². The van der Waals surface area contributed by atoms with Crippen LogP contribution in [0.2, 0.25) is 5.02 Å². The molecule has 0 radical (unpaired) electrons. The van der Waals surface area contributed by atoms with Gasteiger partial charge in [-0.2, -0.15) is 0 Å². The van der Waals surface area contributed by atoms with E-state index in [-0.39, 0.29) is 11.9 Å². The summed E-state index contributed by atoms with van der Waals surface area (Å²) < 4.78 is 5.09. The fourth-order valence-corrected chi connectivity index (χ4v) is 3.16. The van der Waals surface area contributed by atoms with E-state index in [2.05, 4.69) is 0 Å². The summed E-state index contributed by atoms with van der Waals surface area (Å²) in [5.74, 6) is -0.693. The van der Waals surface area contributed by atoms with Crippen molar-refractivity contribution in [3.63, 3.8) is 0 Å². The average molecular weight is 326 g/mol. The van der Waals surface area contributed by atoms with E-state index in [0.29, 0.717) is 36.6 Å². The molecule has 2 rings (SSSR count). The molecule has 1 aromatic rings. The lowest BCUT2D eigenvalue weighted by atomic mass is 10.0. The third-order valence-corrected chi connectivity index (χ3v) is 4.53. The third-order valence-electron chi connectivity index (χ3n) is 4.24. The molecule has 0 spiro atoms. The number of carboxylic acid groups (broad SMARTS) is 1. The van der Waals surface area contributed by atoms with Crippen molar-refractivity contribution in [2.75, 3.05) is 13.7 Å². The number of aliphatic carboxylic acids is 1. The second kappa shape index (κ2) is 7.01. The normalized spacial score (nSPS) is 21.0. The first-order valence-electron chi connectivity index (χ1n) is 7.28. The highest BCUT2D eigenvalue weighted by atomic mass is 35.5. The molecule has 2 atom stereocenters. The number of aryl methyl sites for hydroxylation is 1. The Balaban J connectivity index is 1.93. The monoisotopic (exact) mass is 325 g/mol. The Morgan fingerprint density at radius 3 is 2.73 bits per heavy atom. The maximum atomic E-state index is 12.3. The van der Waals surface area contributed by atoms with Gasteiger partial charge in [-0.1, -0.05) is 17.7 Å². The number of benzene rings is 1. The lowest BCUT2D eigenvalue weighted by molar-refractivity contribution is -0.143. The van der Waals surface area contributed by atoms with Crippen LogP contribution in [0.25, 0.3) is 0 Å². The molecule has 1 fully saturated rings. The van der Waals surface area contributed by atoms with E-state index >= 15 is 0 Å². The van der Waals surface area contributed by atoms with Gasteiger partial charge in [-0.15, -0.1) is 0 Å². The van der Waals surface area contributed by atoms with Crippen molar-refractivity contribution in [3.05, 3.63) is 28.8 Å². The summed E-state index contributed by atoms with van der Waals surface area (Å²) in [5, 5.41) is 9.63. The van der Waals surface area contributed by atoms with E-state index in [1.807, 2.05) is 6.07 Å². The molecular formula is C16H20ClNO4. The molecule has 1 N–H and O–H groups in total. The predicted octanol–water partition coefficient (Wildman–Crippen LogP) is 2.60. The number of carboxylic acids is 1. The number of carbonyl (C=O) groups is 2. The van der Waals surface area contributed by atoms with Crippen LogP contribution in [-0.4, -0.2) is 41.6 Å². The van der Waals surface area contributed by atoms with E-state index in [0.717, 1.165) is 5.56 Å². The molecule has 22 heavy (non-hydrogen) atoms. The molecule has 1 amide bonds. The second-order valence-corrected chi connectivity index (χ2v) is 5.94. The van der Waals surface area contributed by atoms with Crippen molar-refractivity contribution in [2.24, 2.45) is 5.92 Å². The Bertz CT molecular complexity index is 575. The van der Waals surface area contributed by atoms with Gasteiger partial charge < -0.3 is 14.7 Å². The molecule has 1 aliphatic heterocycles. The van der Waals surface area contributed by atoms with Crippen LogP contribution in [0.3, 0.4) is 0 Å². The fraction of sp³-hybridized carbons (Fsp3) is 0.500.